The van der Waals surface area contributed by atoms with Crippen LogP contribution >= 0.6 is 23.1 Å². The molecular weight excluding hydrogens is 284 g/mol. The minimum Gasteiger partial charge on any atom is -0.301 e. The molecule has 1 N–H and O–H groups in total. The Hall–Kier alpha value is -1.93. The quantitative estimate of drug-likeness (QED) is 0.578. The van der Waals surface area contributed by atoms with Crippen molar-refractivity contribution in [1.82, 2.24) is 19.4 Å². The monoisotopic (exact) mass is 292 g/mol. The summed E-state index contributed by atoms with van der Waals surface area (Å²) in [5, 5.41) is 2.33. The van der Waals surface area contributed by atoms with E-state index < -0.39 is 0 Å². The maximum atomic E-state index is 11.8. The lowest BCUT2D eigenvalue weighted by atomic mass is 10.4. The summed E-state index contributed by atoms with van der Waals surface area (Å²) in [5.74, 6) is 0.483. The lowest BCUT2D eigenvalue weighted by Gasteiger charge is -2.00. The van der Waals surface area contributed by atoms with E-state index in [1.165, 1.54) is 45.8 Å². The molecule has 0 amide bonds. The average molecular weight is 292 g/mol. The SMILES string of the molecule is O=c1ccnc(SCc2cc(=O)n3ccsc3n2)[nH]1. The minimum absolute atomic E-state index is 0.101. The van der Waals surface area contributed by atoms with Crippen LogP contribution < -0.4 is 11.1 Å². The zero-order chi connectivity index (χ0) is 13.2. The molecule has 96 valence electrons. The van der Waals surface area contributed by atoms with Crippen LogP contribution in [0.2, 0.25) is 0 Å². The second-order valence-electron chi connectivity index (χ2n) is 3.67. The van der Waals surface area contributed by atoms with Crippen molar-refractivity contribution in [3.05, 3.63) is 56.3 Å². The standard InChI is InChI=1S/C11H8N4O2S2/c16-8-1-2-12-10(14-8)19-6-7-5-9(17)15-3-4-18-11(15)13-7/h1-5H,6H2,(H,12,14,16). The number of aromatic amines is 1. The molecule has 3 aromatic heterocycles. The average Bonchev–Trinajstić information content (AvgIpc) is 2.85. The molecule has 0 radical (unpaired) electrons. The Balaban J connectivity index is 1.85. The second kappa shape index (κ2) is 4.98. The molecule has 3 heterocycles. The minimum atomic E-state index is -0.195. The molecule has 3 rings (SSSR count). The number of thiazole rings is 1. The van der Waals surface area contributed by atoms with Gasteiger partial charge in [-0.1, -0.05) is 11.8 Å². The van der Waals surface area contributed by atoms with E-state index in [9.17, 15) is 9.59 Å². The number of H-pyrrole nitrogens is 1. The molecule has 19 heavy (non-hydrogen) atoms. The molecule has 0 unspecified atom stereocenters. The molecule has 0 saturated carbocycles. The number of fused-ring (bicyclic) bond motifs is 1. The predicted molar refractivity (Wildman–Crippen MR) is 73.8 cm³/mol. The fraction of sp³-hybridized carbons (Fsp3) is 0.0909. The predicted octanol–water partition coefficient (Wildman–Crippen LogP) is 1.13. The van der Waals surface area contributed by atoms with E-state index in [0.717, 1.165) is 0 Å². The molecule has 0 spiro atoms. The Labute approximate surface area is 115 Å². The van der Waals surface area contributed by atoms with Crippen LogP contribution in [0.3, 0.4) is 0 Å². The van der Waals surface area contributed by atoms with E-state index in [2.05, 4.69) is 15.0 Å². The molecule has 0 saturated heterocycles. The van der Waals surface area contributed by atoms with E-state index in [4.69, 9.17) is 0 Å². The molecule has 3 aromatic rings. The van der Waals surface area contributed by atoms with Gasteiger partial charge in [0.25, 0.3) is 11.1 Å². The molecule has 0 aliphatic heterocycles. The number of rotatable bonds is 3. The summed E-state index contributed by atoms with van der Waals surface area (Å²) >= 11 is 2.74. The topological polar surface area (TPSA) is 80.1 Å². The van der Waals surface area contributed by atoms with Crippen molar-refractivity contribution >= 4 is 28.1 Å². The summed E-state index contributed by atoms with van der Waals surface area (Å²) < 4.78 is 1.50. The van der Waals surface area contributed by atoms with Crippen molar-refractivity contribution in [2.45, 2.75) is 10.9 Å². The highest BCUT2D eigenvalue weighted by Crippen LogP contribution is 2.16. The number of hydrogen-bond acceptors (Lipinski definition) is 6. The van der Waals surface area contributed by atoms with Gasteiger partial charge in [-0.05, 0) is 0 Å². The van der Waals surface area contributed by atoms with Crippen LogP contribution in [0.4, 0.5) is 0 Å². The van der Waals surface area contributed by atoms with E-state index in [0.29, 0.717) is 21.6 Å². The zero-order valence-electron chi connectivity index (χ0n) is 9.57. The third kappa shape index (κ3) is 2.59. The maximum absolute atomic E-state index is 11.8. The van der Waals surface area contributed by atoms with Crippen LogP contribution in [0, 0.1) is 0 Å². The summed E-state index contributed by atoms with van der Waals surface area (Å²) in [6, 6.07) is 2.85. The van der Waals surface area contributed by atoms with E-state index in [1.54, 1.807) is 6.20 Å². The summed E-state index contributed by atoms with van der Waals surface area (Å²) in [4.78, 5) is 34.6. The molecule has 0 aliphatic carbocycles. The van der Waals surface area contributed by atoms with Gasteiger partial charge in [0.05, 0.1) is 5.69 Å². The molecule has 0 fully saturated rings. The van der Waals surface area contributed by atoms with Gasteiger partial charge in [0.15, 0.2) is 10.1 Å². The molecule has 0 aliphatic rings. The molecule has 6 nitrogen and oxygen atoms in total. The smallest absolute Gasteiger partial charge is 0.258 e. The van der Waals surface area contributed by atoms with Crippen molar-refractivity contribution < 1.29 is 0 Å². The van der Waals surface area contributed by atoms with Crippen molar-refractivity contribution in [3.63, 3.8) is 0 Å². The fourth-order valence-electron chi connectivity index (χ4n) is 1.53. The Bertz CT molecular complexity index is 836. The maximum Gasteiger partial charge on any atom is 0.258 e. The molecular formula is C11H8N4O2S2. The van der Waals surface area contributed by atoms with Gasteiger partial charge < -0.3 is 4.98 Å². The van der Waals surface area contributed by atoms with Crippen molar-refractivity contribution in [1.29, 1.82) is 0 Å². The van der Waals surface area contributed by atoms with Crippen LogP contribution in [0.5, 0.6) is 0 Å². The van der Waals surface area contributed by atoms with Gasteiger partial charge in [-0.25, -0.2) is 9.97 Å². The lowest BCUT2D eigenvalue weighted by molar-refractivity contribution is 0.934. The summed E-state index contributed by atoms with van der Waals surface area (Å²) in [7, 11) is 0. The second-order valence-corrected chi connectivity index (χ2v) is 5.51. The largest absolute Gasteiger partial charge is 0.301 e. The first-order chi connectivity index (χ1) is 9.22. The van der Waals surface area contributed by atoms with E-state index >= 15 is 0 Å². The molecule has 0 aromatic carbocycles. The van der Waals surface area contributed by atoms with Gasteiger partial charge in [0.1, 0.15) is 0 Å². The summed E-state index contributed by atoms with van der Waals surface area (Å²) in [6.07, 6.45) is 3.15. The van der Waals surface area contributed by atoms with E-state index in [1.807, 2.05) is 5.38 Å². The van der Waals surface area contributed by atoms with Crippen LogP contribution in [0.25, 0.3) is 4.96 Å². The van der Waals surface area contributed by atoms with Gasteiger partial charge in [-0.3, -0.25) is 14.0 Å². The van der Waals surface area contributed by atoms with E-state index in [-0.39, 0.29) is 11.1 Å². The Morgan fingerprint density at radius 3 is 3.16 bits per heavy atom. The number of nitrogens with zero attached hydrogens (tertiary/aromatic N) is 3. The van der Waals surface area contributed by atoms with Crippen molar-refractivity contribution in [3.8, 4) is 0 Å². The highest BCUT2D eigenvalue weighted by molar-refractivity contribution is 7.98. The Morgan fingerprint density at radius 1 is 1.42 bits per heavy atom. The number of aromatic nitrogens is 4. The highest BCUT2D eigenvalue weighted by Gasteiger charge is 2.05. The van der Waals surface area contributed by atoms with Gasteiger partial charge >= 0.3 is 0 Å². The van der Waals surface area contributed by atoms with Crippen LogP contribution in [-0.2, 0) is 5.75 Å². The van der Waals surface area contributed by atoms with Crippen LogP contribution in [0.15, 0.2) is 44.7 Å². The van der Waals surface area contributed by atoms with Crippen molar-refractivity contribution in [2.75, 3.05) is 0 Å². The highest BCUT2D eigenvalue weighted by atomic mass is 32.2. The fourth-order valence-corrected chi connectivity index (χ4v) is 3.01. The first-order valence-corrected chi connectivity index (χ1v) is 7.23. The van der Waals surface area contributed by atoms with Gasteiger partial charge in [0, 0.05) is 35.7 Å². The zero-order valence-corrected chi connectivity index (χ0v) is 11.2. The lowest BCUT2D eigenvalue weighted by Crippen LogP contribution is -2.12. The summed E-state index contributed by atoms with van der Waals surface area (Å²) in [5.41, 5.74) is 0.375. The molecule has 0 bridgehead atoms. The van der Waals surface area contributed by atoms with Gasteiger partial charge in [-0.15, -0.1) is 11.3 Å². The van der Waals surface area contributed by atoms with Crippen LogP contribution in [0.1, 0.15) is 5.69 Å². The Kier molecular flexibility index (Phi) is 3.18. The third-order valence-corrected chi connectivity index (χ3v) is 4.04. The van der Waals surface area contributed by atoms with Gasteiger partial charge in [0.2, 0.25) is 0 Å². The summed E-state index contributed by atoms with van der Waals surface area (Å²) in [6.45, 7) is 0. The molecule has 8 heteroatoms. The first kappa shape index (κ1) is 12.1. The number of thioether (sulfide) groups is 1. The van der Waals surface area contributed by atoms with Crippen molar-refractivity contribution in [2.24, 2.45) is 0 Å². The molecule has 0 atom stereocenters. The third-order valence-electron chi connectivity index (χ3n) is 2.36. The Morgan fingerprint density at radius 2 is 2.32 bits per heavy atom. The van der Waals surface area contributed by atoms with Crippen LogP contribution in [-0.4, -0.2) is 19.4 Å². The number of hydrogen-bond donors (Lipinski definition) is 1. The first-order valence-electron chi connectivity index (χ1n) is 5.36. The normalized spacial score (nSPS) is 10.9. The number of nitrogens with one attached hydrogen (secondary N) is 1. The van der Waals surface area contributed by atoms with Gasteiger partial charge in [-0.2, -0.15) is 0 Å².